The molecular weight excluding hydrogens is 358 g/mol. The number of aromatic nitrogens is 2. The Hall–Kier alpha value is -2.09. The van der Waals surface area contributed by atoms with Gasteiger partial charge in [0.25, 0.3) is 0 Å². The number of ether oxygens (including phenoxy) is 1. The van der Waals surface area contributed by atoms with E-state index in [1.807, 2.05) is 20.9 Å². The highest BCUT2D eigenvalue weighted by molar-refractivity contribution is 5.79. The van der Waals surface area contributed by atoms with Gasteiger partial charge in [0.15, 0.2) is 5.96 Å². The summed E-state index contributed by atoms with van der Waals surface area (Å²) < 4.78 is 6.59. The molecule has 0 aromatic carbocycles. The summed E-state index contributed by atoms with van der Waals surface area (Å²) in [5.74, 6) is 0.604. The molecule has 0 saturated heterocycles. The van der Waals surface area contributed by atoms with E-state index < -0.39 is 5.60 Å². The monoisotopic (exact) mass is 395 g/mol. The molecule has 0 saturated carbocycles. The fourth-order valence-corrected chi connectivity index (χ4v) is 2.73. The van der Waals surface area contributed by atoms with Gasteiger partial charge >= 0.3 is 5.97 Å². The van der Waals surface area contributed by atoms with Crippen LogP contribution >= 0.6 is 0 Å². The molecule has 0 aliphatic heterocycles. The Labute approximate surface area is 168 Å². The van der Waals surface area contributed by atoms with Crippen molar-refractivity contribution >= 4 is 11.9 Å². The third-order valence-electron chi connectivity index (χ3n) is 4.37. The van der Waals surface area contributed by atoms with Crippen LogP contribution in [-0.2, 0) is 22.2 Å². The first-order valence-electron chi connectivity index (χ1n) is 10.3. The number of unbranched alkanes of at least 4 members (excludes halogenated alkanes) is 4. The number of hydrogen-bond donors (Lipinski definition) is 3. The van der Waals surface area contributed by atoms with E-state index in [1.54, 1.807) is 24.0 Å². The van der Waals surface area contributed by atoms with E-state index in [9.17, 15) is 9.90 Å². The van der Waals surface area contributed by atoms with Gasteiger partial charge in [0, 0.05) is 38.3 Å². The summed E-state index contributed by atoms with van der Waals surface area (Å²) in [6, 6.07) is 0. The van der Waals surface area contributed by atoms with Crippen LogP contribution in [-0.4, -0.2) is 53.1 Å². The van der Waals surface area contributed by atoms with E-state index in [0.717, 1.165) is 50.8 Å². The lowest BCUT2D eigenvalue weighted by molar-refractivity contribution is -0.143. The molecule has 0 fully saturated rings. The number of carbonyl (C=O) groups is 1. The molecule has 1 rings (SSSR count). The minimum absolute atomic E-state index is 0.0992. The van der Waals surface area contributed by atoms with Gasteiger partial charge in [-0.1, -0.05) is 19.3 Å². The Bertz CT molecular complexity index is 598. The normalized spacial score (nSPS) is 13.8. The summed E-state index contributed by atoms with van der Waals surface area (Å²) in [6.45, 7) is 7.87. The summed E-state index contributed by atoms with van der Waals surface area (Å²) in [7, 11) is 1.82. The molecular formula is C20H37N5O3. The minimum Gasteiger partial charge on any atom is -0.466 e. The summed E-state index contributed by atoms with van der Waals surface area (Å²) >= 11 is 0. The second-order valence-corrected chi connectivity index (χ2v) is 7.12. The molecule has 0 bridgehead atoms. The average molecular weight is 396 g/mol. The Morgan fingerprint density at radius 3 is 2.61 bits per heavy atom. The topological polar surface area (TPSA) is 101 Å². The highest BCUT2D eigenvalue weighted by atomic mass is 16.5. The zero-order valence-electron chi connectivity index (χ0n) is 17.8. The third kappa shape index (κ3) is 9.73. The van der Waals surface area contributed by atoms with Crippen LogP contribution in [0.5, 0.6) is 0 Å². The van der Waals surface area contributed by atoms with Crippen molar-refractivity contribution in [2.45, 2.75) is 64.9 Å². The van der Waals surface area contributed by atoms with E-state index in [1.165, 1.54) is 0 Å². The van der Waals surface area contributed by atoms with Crippen molar-refractivity contribution in [3.8, 4) is 0 Å². The van der Waals surface area contributed by atoms with Crippen molar-refractivity contribution in [1.82, 2.24) is 20.4 Å². The number of hydrogen-bond acceptors (Lipinski definition) is 5. The van der Waals surface area contributed by atoms with Crippen LogP contribution in [0, 0.1) is 0 Å². The van der Waals surface area contributed by atoms with Crippen LogP contribution in [0.3, 0.4) is 0 Å². The van der Waals surface area contributed by atoms with Gasteiger partial charge in [-0.3, -0.25) is 9.48 Å². The number of guanidine groups is 1. The lowest BCUT2D eigenvalue weighted by Crippen LogP contribution is -2.39. The summed E-state index contributed by atoms with van der Waals surface area (Å²) in [4.78, 5) is 15.8. The Balaban J connectivity index is 2.27. The largest absolute Gasteiger partial charge is 0.466 e. The van der Waals surface area contributed by atoms with Gasteiger partial charge in [-0.2, -0.15) is 5.10 Å². The second kappa shape index (κ2) is 13.1. The molecule has 0 radical (unpaired) electrons. The summed E-state index contributed by atoms with van der Waals surface area (Å²) in [6.07, 6.45) is 9.15. The summed E-state index contributed by atoms with van der Waals surface area (Å²) in [5, 5.41) is 21.3. The zero-order valence-corrected chi connectivity index (χ0v) is 17.8. The molecule has 0 aliphatic rings. The van der Waals surface area contributed by atoms with Crippen LogP contribution in [0.25, 0.3) is 0 Å². The Morgan fingerprint density at radius 1 is 1.25 bits per heavy atom. The molecule has 1 unspecified atom stereocenters. The first-order chi connectivity index (χ1) is 13.4. The van der Waals surface area contributed by atoms with E-state index >= 15 is 0 Å². The van der Waals surface area contributed by atoms with E-state index in [2.05, 4.69) is 20.7 Å². The molecule has 1 aromatic heterocycles. The van der Waals surface area contributed by atoms with Crippen LogP contribution < -0.4 is 10.6 Å². The fraction of sp³-hybridized carbons (Fsp3) is 0.750. The number of nitrogens with zero attached hydrogens (tertiary/aromatic N) is 3. The van der Waals surface area contributed by atoms with Crippen LogP contribution in [0.15, 0.2) is 17.4 Å². The molecule has 1 aromatic rings. The molecule has 8 heteroatoms. The average Bonchev–Trinajstić information content (AvgIpc) is 3.09. The maximum atomic E-state index is 11.3. The number of aliphatic imine (C=N–C) groups is 1. The highest BCUT2D eigenvalue weighted by Gasteiger charge is 2.24. The van der Waals surface area contributed by atoms with Crippen molar-refractivity contribution < 1.29 is 14.6 Å². The van der Waals surface area contributed by atoms with E-state index in [0.29, 0.717) is 19.0 Å². The second-order valence-electron chi connectivity index (χ2n) is 7.12. The van der Waals surface area contributed by atoms with Crippen molar-refractivity contribution in [3.63, 3.8) is 0 Å². The Kier molecular flexibility index (Phi) is 11.2. The molecule has 1 heterocycles. The zero-order chi connectivity index (χ0) is 20.8. The van der Waals surface area contributed by atoms with Gasteiger partial charge < -0.3 is 20.5 Å². The molecule has 0 amide bonds. The van der Waals surface area contributed by atoms with Gasteiger partial charge in [0.2, 0.25) is 0 Å². The van der Waals surface area contributed by atoms with Gasteiger partial charge in [-0.05, 0) is 33.6 Å². The van der Waals surface area contributed by atoms with Crippen molar-refractivity contribution in [2.24, 2.45) is 12.0 Å². The predicted molar refractivity (Wildman–Crippen MR) is 111 cm³/mol. The Morgan fingerprint density at radius 2 is 1.96 bits per heavy atom. The molecule has 28 heavy (non-hydrogen) atoms. The van der Waals surface area contributed by atoms with Crippen molar-refractivity contribution in [2.75, 3.05) is 26.2 Å². The number of carbonyl (C=O) groups excluding carboxylic acids is 1. The van der Waals surface area contributed by atoms with Crippen molar-refractivity contribution in [3.05, 3.63) is 18.0 Å². The molecule has 1 atom stereocenters. The van der Waals surface area contributed by atoms with Gasteiger partial charge in [0.1, 0.15) is 5.60 Å². The third-order valence-corrected chi connectivity index (χ3v) is 4.37. The fourth-order valence-electron chi connectivity index (χ4n) is 2.73. The predicted octanol–water partition coefficient (Wildman–Crippen LogP) is 2.09. The van der Waals surface area contributed by atoms with Crippen molar-refractivity contribution in [1.29, 1.82) is 0 Å². The number of aryl methyl sites for hydroxylation is 1. The van der Waals surface area contributed by atoms with Gasteiger partial charge in [-0.15, -0.1) is 0 Å². The highest BCUT2D eigenvalue weighted by Crippen LogP contribution is 2.19. The lowest BCUT2D eigenvalue weighted by Gasteiger charge is -2.20. The smallest absolute Gasteiger partial charge is 0.305 e. The van der Waals surface area contributed by atoms with Crippen LogP contribution in [0.4, 0.5) is 0 Å². The van der Waals surface area contributed by atoms with E-state index in [4.69, 9.17) is 4.74 Å². The minimum atomic E-state index is -1.06. The number of aliphatic hydroxyl groups is 1. The SMILES string of the molecule is CCNC(=NCC(C)(O)c1cnn(C)c1)NCCCCCCCC(=O)OCC. The number of rotatable bonds is 13. The van der Waals surface area contributed by atoms with E-state index in [-0.39, 0.29) is 12.5 Å². The maximum absolute atomic E-state index is 11.3. The quantitative estimate of drug-likeness (QED) is 0.205. The molecule has 160 valence electrons. The van der Waals surface area contributed by atoms with Gasteiger partial charge in [-0.25, -0.2) is 4.99 Å². The molecule has 8 nitrogen and oxygen atoms in total. The van der Waals surface area contributed by atoms with Gasteiger partial charge in [0.05, 0.1) is 19.3 Å². The maximum Gasteiger partial charge on any atom is 0.305 e. The number of esters is 1. The molecule has 0 spiro atoms. The summed E-state index contributed by atoms with van der Waals surface area (Å²) in [5.41, 5.74) is -0.312. The standard InChI is InChI=1S/C20H37N5O3/c1-5-21-19(23-16-20(3,27)17-14-24-25(4)15-17)22-13-11-9-7-8-10-12-18(26)28-6-2/h14-15,27H,5-13,16H2,1-4H3,(H2,21,22,23). The molecule has 0 aliphatic carbocycles. The first kappa shape index (κ1) is 23.9. The first-order valence-corrected chi connectivity index (χ1v) is 10.3. The lowest BCUT2D eigenvalue weighted by atomic mass is 10.0. The van der Waals surface area contributed by atoms with Crippen LogP contribution in [0.1, 0.15) is 64.9 Å². The number of nitrogens with one attached hydrogen (secondary N) is 2. The molecule has 3 N–H and O–H groups in total. The van der Waals surface area contributed by atoms with Crippen LogP contribution in [0.2, 0.25) is 0 Å².